The molecule has 0 aliphatic heterocycles. The van der Waals surface area contributed by atoms with Crippen LogP contribution in [0.2, 0.25) is 0 Å². The number of aryl methyl sites for hydroxylation is 1. The third kappa shape index (κ3) is 4.52. The van der Waals surface area contributed by atoms with Gasteiger partial charge in [0.05, 0.1) is 0 Å². The van der Waals surface area contributed by atoms with Gasteiger partial charge in [0.15, 0.2) is 0 Å². The van der Waals surface area contributed by atoms with Crippen molar-refractivity contribution in [3.63, 3.8) is 0 Å². The average molecular weight is 312 g/mol. The topological polar surface area (TPSA) is 58.1 Å². The van der Waals surface area contributed by atoms with Gasteiger partial charge in [0, 0.05) is 24.8 Å². The van der Waals surface area contributed by atoms with Crippen molar-refractivity contribution < 1.29 is 4.79 Å². The molecule has 122 valence electrons. The molecule has 0 aliphatic rings. The van der Waals surface area contributed by atoms with Gasteiger partial charge < -0.3 is 10.2 Å². The lowest BCUT2D eigenvalue weighted by Gasteiger charge is -2.22. The summed E-state index contributed by atoms with van der Waals surface area (Å²) < 4.78 is 0. The van der Waals surface area contributed by atoms with Gasteiger partial charge in [-0.1, -0.05) is 26.0 Å². The molecule has 0 bridgehead atoms. The Hall–Kier alpha value is -2.43. The van der Waals surface area contributed by atoms with Crippen LogP contribution < -0.4 is 10.2 Å². The number of carbonyl (C=O) groups is 1. The van der Waals surface area contributed by atoms with E-state index in [0.717, 1.165) is 18.1 Å². The van der Waals surface area contributed by atoms with E-state index in [1.54, 1.807) is 6.07 Å². The van der Waals surface area contributed by atoms with E-state index in [1.807, 2.05) is 12.1 Å². The molecule has 1 amide bonds. The Kier molecular flexibility index (Phi) is 5.68. The second-order valence-corrected chi connectivity index (χ2v) is 5.95. The molecule has 5 nitrogen and oxygen atoms in total. The van der Waals surface area contributed by atoms with Crippen LogP contribution in [0.15, 0.2) is 36.7 Å². The Morgan fingerprint density at radius 3 is 2.70 bits per heavy atom. The summed E-state index contributed by atoms with van der Waals surface area (Å²) in [6.07, 6.45) is 1.44. The summed E-state index contributed by atoms with van der Waals surface area (Å²) in [5.41, 5.74) is 2.63. The quantitative estimate of drug-likeness (QED) is 0.889. The van der Waals surface area contributed by atoms with E-state index >= 15 is 0 Å². The van der Waals surface area contributed by atoms with Crippen LogP contribution in [0.25, 0.3) is 0 Å². The van der Waals surface area contributed by atoms with E-state index in [0.29, 0.717) is 18.2 Å². The third-order valence-corrected chi connectivity index (χ3v) is 3.46. The first-order valence-electron chi connectivity index (χ1n) is 7.95. The number of rotatable bonds is 6. The highest BCUT2D eigenvalue weighted by atomic mass is 16.1. The van der Waals surface area contributed by atoms with E-state index in [1.165, 1.54) is 11.9 Å². The van der Waals surface area contributed by atoms with Crippen LogP contribution in [0, 0.1) is 12.8 Å². The molecule has 1 aromatic carbocycles. The lowest BCUT2D eigenvalue weighted by molar-refractivity contribution is 0.0944. The Balaban J connectivity index is 2.25. The molecule has 0 unspecified atom stereocenters. The molecule has 0 fully saturated rings. The highest BCUT2D eigenvalue weighted by Crippen LogP contribution is 2.24. The van der Waals surface area contributed by atoms with Crippen LogP contribution in [-0.2, 0) is 0 Å². The largest absolute Gasteiger partial charge is 0.350 e. The van der Waals surface area contributed by atoms with Crippen molar-refractivity contribution in [2.24, 2.45) is 5.92 Å². The normalized spacial score (nSPS) is 10.7. The van der Waals surface area contributed by atoms with Gasteiger partial charge in [-0.3, -0.25) is 4.79 Å². The average Bonchev–Trinajstić information content (AvgIpc) is 2.53. The zero-order valence-electron chi connectivity index (χ0n) is 14.2. The van der Waals surface area contributed by atoms with E-state index in [-0.39, 0.29) is 5.91 Å². The number of hydrogen-bond acceptors (Lipinski definition) is 4. The smallest absolute Gasteiger partial charge is 0.270 e. The van der Waals surface area contributed by atoms with Crippen molar-refractivity contribution in [3.05, 3.63) is 47.9 Å². The monoisotopic (exact) mass is 312 g/mol. The van der Waals surface area contributed by atoms with E-state index in [2.05, 4.69) is 60.0 Å². The van der Waals surface area contributed by atoms with Gasteiger partial charge in [0.1, 0.15) is 17.8 Å². The van der Waals surface area contributed by atoms with Crippen LogP contribution in [0.5, 0.6) is 0 Å². The fourth-order valence-corrected chi connectivity index (χ4v) is 2.28. The number of amides is 1. The summed E-state index contributed by atoms with van der Waals surface area (Å²) in [5.74, 6) is 0.963. The van der Waals surface area contributed by atoms with Crippen molar-refractivity contribution in [1.82, 2.24) is 15.3 Å². The molecule has 23 heavy (non-hydrogen) atoms. The van der Waals surface area contributed by atoms with Crippen molar-refractivity contribution in [2.45, 2.75) is 27.7 Å². The minimum absolute atomic E-state index is 0.164. The second-order valence-electron chi connectivity index (χ2n) is 5.95. The van der Waals surface area contributed by atoms with Crippen molar-refractivity contribution in [3.8, 4) is 0 Å². The zero-order valence-corrected chi connectivity index (χ0v) is 14.2. The number of nitrogens with one attached hydrogen (secondary N) is 1. The molecular weight excluding hydrogens is 288 g/mol. The number of aromatic nitrogens is 2. The summed E-state index contributed by atoms with van der Waals surface area (Å²) >= 11 is 0. The number of carbonyl (C=O) groups excluding carboxylic acids is 1. The second kappa shape index (κ2) is 7.72. The molecule has 0 spiro atoms. The lowest BCUT2D eigenvalue weighted by Crippen LogP contribution is -2.28. The molecule has 2 aromatic rings. The van der Waals surface area contributed by atoms with E-state index in [9.17, 15) is 4.79 Å². The predicted octanol–water partition coefficient (Wildman–Crippen LogP) is 3.33. The Morgan fingerprint density at radius 2 is 2.04 bits per heavy atom. The van der Waals surface area contributed by atoms with Gasteiger partial charge in [-0.25, -0.2) is 9.97 Å². The molecule has 1 heterocycles. The summed E-state index contributed by atoms with van der Waals surface area (Å²) in [4.78, 5) is 22.7. The van der Waals surface area contributed by atoms with E-state index < -0.39 is 0 Å². The van der Waals surface area contributed by atoms with Gasteiger partial charge >= 0.3 is 0 Å². The standard InChI is InChI=1S/C18H24N4O/c1-5-22(15-8-6-7-14(4)9-15)17-10-16(20-12-21-17)18(23)19-11-13(2)3/h6-10,12-13H,5,11H2,1-4H3,(H,19,23). The van der Waals surface area contributed by atoms with Gasteiger partial charge in [-0.15, -0.1) is 0 Å². The minimum atomic E-state index is -0.164. The Labute approximate surface area is 137 Å². The summed E-state index contributed by atoms with van der Waals surface area (Å²) in [6.45, 7) is 9.62. The molecule has 0 saturated heterocycles. The van der Waals surface area contributed by atoms with Crippen LogP contribution in [-0.4, -0.2) is 29.0 Å². The maximum absolute atomic E-state index is 12.2. The fourth-order valence-electron chi connectivity index (χ4n) is 2.28. The molecular formula is C18H24N4O. The number of benzene rings is 1. The minimum Gasteiger partial charge on any atom is -0.350 e. The van der Waals surface area contributed by atoms with Crippen molar-refractivity contribution in [1.29, 1.82) is 0 Å². The zero-order chi connectivity index (χ0) is 16.8. The molecule has 1 aromatic heterocycles. The molecule has 5 heteroatoms. The van der Waals surface area contributed by atoms with Gasteiger partial charge in [-0.2, -0.15) is 0 Å². The lowest BCUT2D eigenvalue weighted by atomic mass is 10.2. The fraction of sp³-hybridized carbons (Fsp3) is 0.389. The highest BCUT2D eigenvalue weighted by molar-refractivity contribution is 5.93. The van der Waals surface area contributed by atoms with Crippen molar-refractivity contribution >= 4 is 17.4 Å². The van der Waals surface area contributed by atoms with Crippen LogP contribution in [0.1, 0.15) is 36.8 Å². The SMILES string of the molecule is CCN(c1cccc(C)c1)c1cc(C(=O)NCC(C)C)ncn1. The maximum Gasteiger partial charge on any atom is 0.270 e. The van der Waals surface area contributed by atoms with Crippen LogP contribution >= 0.6 is 0 Å². The van der Waals surface area contributed by atoms with Gasteiger partial charge in [-0.05, 0) is 37.5 Å². The summed E-state index contributed by atoms with van der Waals surface area (Å²) in [7, 11) is 0. The van der Waals surface area contributed by atoms with Gasteiger partial charge in [0.2, 0.25) is 0 Å². The van der Waals surface area contributed by atoms with Crippen LogP contribution in [0.4, 0.5) is 11.5 Å². The first-order valence-corrected chi connectivity index (χ1v) is 7.95. The maximum atomic E-state index is 12.2. The van der Waals surface area contributed by atoms with Gasteiger partial charge in [0.25, 0.3) is 5.91 Å². The van der Waals surface area contributed by atoms with Crippen molar-refractivity contribution in [2.75, 3.05) is 18.0 Å². The molecule has 2 rings (SSSR count). The first kappa shape index (κ1) is 16.9. The molecule has 0 aliphatic carbocycles. The number of nitrogens with zero attached hydrogens (tertiary/aromatic N) is 3. The number of hydrogen-bond donors (Lipinski definition) is 1. The predicted molar refractivity (Wildman–Crippen MR) is 93.1 cm³/mol. The van der Waals surface area contributed by atoms with Crippen LogP contribution in [0.3, 0.4) is 0 Å². The Bertz CT molecular complexity index is 670. The molecule has 0 atom stereocenters. The molecule has 0 saturated carbocycles. The Morgan fingerprint density at radius 1 is 1.26 bits per heavy atom. The molecule has 0 radical (unpaired) electrons. The molecule has 1 N–H and O–H groups in total. The summed E-state index contributed by atoms with van der Waals surface area (Å²) in [6, 6.07) is 9.95. The number of anilines is 2. The van der Waals surface area contributed by atoms with E-state index in [4.69, 9.17) is 0 Å². The summed E-state index contributed by atoms with van der Waals surface area (Å²) in [5, 5.41) is 2.88. The third-order valence-electron chi connectivity index (χ3n) is 3.46. The highest BCUT2D eigenvalue weighted by Gasteiger charge is 2.13. The first-order chi connectivity index (χ1) is 11.0.